The summed E-state index contributed by atoms with van der Waals surface area (Å²) in [7, 11) is 0. The molecule has 76 valence electrons. The molecule has 0 radical (unpaired) electrons. The molecule has 1 aromatic rings. The van der Waals surface area contributed by atoms with Crippen molar-refractivity contribution in [1.29, 1.82) is 0 Å². The molecule has 0 spiro atoms. The molecule has 0 amide bonds. The third kappa shape index (κ3) is 2.22. The minimum Gasteiger partial charge on any atom is -0.381 e. The summed E-state index contributed by atoms with van der Waals surface area (Å²) in [5.74, 6) is 1.16. The second kappa shape index (κ2) is 4.71. The molecule has 0 bridgehead atoms. The van der Waals surface area contributed by atoms with E-state index in [-0.39, 0.29) is 0 Å². The van der Waals surface area contributed by atoms with Crippen molar-refractivity contribution in [2.45, 2.75) is 23.8 Å². The van der Waals surface area contributed by atoms with Gasteiger partial charge in [-0.05, 0) is 31.5 Å². The molecule has 1 heterocycles. The Bertz CT molecular complexity index is 301. The Morgan fingerprint density at radius 3 is 3.14 bits per heavy atom. The highest BCUT2D eigenvalue weighted by Gasteiger charge is 2.16. The summed E-state index contributed by atoms with van der Waals surface area (Å²) in [6.07, 6.45) is 2.29. The van der Waals surface area contributed by atoms with Crippen LogP contribution in [0.2, 0.25) is 0 Å². The maximum atomic E-state index is 5.51. The summed E-state index contributed by atoms with van der Waals surface area (Å²) in [6, 6.07) is 9.09. The Balaban J connectivity index is 1.99. The number of nitrogens with one attached hydrogen (secondary N) is 1. The van der Waals surface area contributed by atoms with Crippen LogP contribution in [0.1, 0.15) is 12.8 Å². The second-order valence-electron chi connectivity index (χ2n) is 3.58. The minimum absolute atomic E-state index is 0.596. The molecular formula is C11H16N2S. The molecule has 14 heavy (non-hydrogen) atoms. The molecule has 1 unspecified atom stereocenters. The molecule has 0 fully saturated rings. The first kappa shape index (κ1) is 9.87. The molecule has 0 saturated heterocycles. The van der Waals surface area contributed by atoms with Gasteiger partial charge < -0.3 is 11.1 Å². The number of anilines is 1. The molecular weight excluding hydrogens is 192 g/mol. The monoisotopic (exact) mass is 208 g/mol. The topological polar surface area (TPSA) is 38.0 Å². The molecule has 2 rings (SSSR count). The van der Waals surface area contributed by atoms with Crippen molar-refractivity contribution < 1.29 is 0 Å². The van der Waals surface area contributed by atoms with Gasteiger partial charge in [0.05, 0.1) is 0 Å². The largest absolute Gasteiger partial charge is 0.381 e. The van der Waals surface area contributed by atoms with E-state index >= 15 is 0 Å². The lowest BCUT2D eigenvalue weighted by atomic mass is 10.1. The predicted octanol–water partition coefficient (Wildman–Crippen LogP) is 2.31. The maximum absolute atomic E-state index is 5.51. The summed E-state index contributed by atoms with van der Waals surface area (Å²) in [5.41, 5.74) is 6.79. The van der Waals surface area contributed by atoms with Crippen LogP contribution in [0.25, 0.3) is 0 Å². The van der Waals surface area contributed by atoms with Gasteiger partial charge in [0.25, 0.3) is 0 Å². The Morgan fingerprint density at radius 1 is 1.43 bits per heavy atom. The van der Waals surface area contributed by atoms with Crippen LogP contribution in [0, 0.1) is 0 Å². The van der Waals surface area contributed by atoms with Gasteiger partial charge in [0.2, 0.25) is 0 Å². The standard InChI is InChI=1S/C11H16N2S/c12-7-3-4-9-8-14-11-6-2-1-5-10(11)13-9/h1-2,5-6,9,13H,3-4,7-8,12H2. The van der Waals surface area contributed by atoms with Crippen molar-refractivity contribution in [1.82, 2.24) is 0 Å². The van der Waals surface area contributed by atoms with Gasteiger partial charge in [-0.2, -0.15) is 0 Å². The third-order valence-corrected chi connectivity index (χ3v) is 3.68. The normalized spacial score (nSPS) is 19.9. The van der Waals surface area contributed by atoms with Crippen molar-refractivity contribution in [3.8, 4) is 0 Å². The zero-order valence-corrected chi connectivity index (χ0v) is 9.02. The van der Waals surface area contributed by atoms with Crippen LogP contribution in [0.5, 0.6) is 0 Å². The number of para-hydroxylation sites is 1. The molecule has 3 heteroatoms. The zero-order chi connectivity index (χ0) is 9.80. The highest BCUT2D eigenvalue weighted by atomic mass is 32.2. The number of thioether (sulfide) groups is 1. The molecule has 1 aromatic carbocycles. The molecule has 1 atom stereocenters. The smallest absolute Gasteiger partial charge is 0.0480 e. The Hall–Kier alpha value is -0.670. The van der Waals surface area contributed by atoms with Crippen LogP contribution in [0.4, 0.5) is 5.69 Å². The summed E-state index contributed by atoms with van der Waals surface area (Å²) in [4.78, 5) is 1.37. The molecule has 3 N–H and O–H groups in total. The van der Waals surface area contributed by atoms with E-state index in [2.05, 4.69) is 29.6 Å². The first-order chi connectivity index (χ1) is 6.90. The van der Waals surface area contributed by atoms with Crippen LogP contribution < -0.4 is 11.1 Å². The Kier molecular flexibility index (Phi) is 3.32. The molecule has 1 aliphatic rings. The van der Waals surface area contributed by atoms with Gasteiger partial charge in [0, 0.05) is 22.4 Å². The fraction of sp³-hybridized carbons (Fsp3) is 0.455. The minimum atomic E-state index is 0.596. The van der Waals surface area contributed by atoms with E-state index in [1.165, 1.54) is 17.0 Å². The van der Waals surface area contributed by atoms with E-state index in [0.717, 1.165) is 18.7 Å². The number of nitrogens with two attached hydrogens (primary N) is 1. The van der Waals surface area contributed by atoms with Gasteiger partial charge in [-0.1, -0.05) is 12.1 Å². The van der Waals surface area contributed by atoms with Crippen LogP contribution in [0.15, 0.2) is 29.2 Å². The van der Waals surface area contributed by atoms with Gasteiger partial charge in [0.1, 0.15) is 0 Å². The first-order valence-electron chi connectivity index (χ1n) is 5.08. The zero-order valence-electron chi connectivity index (χ0n) is 8.20. The lowest BCUT2D eigenvalue weighted by Crippen LogP contribution is -2.26. The van der Waals surface area contributed by atoms with Crippen molar-refractivity contribution in [3.05, 3.63) is 24.3 Å². The van der Waals surface area contributed by atoms with Crippen LogP contribution in [-0.4, -0.2) is 18.3 Å². The van der Waals surface area contributed by atoms with Crippen molar-refractivity contribution >= 4 is 17.4 Å². The average Bonchev–Trinajstić information content (AvgIpc) is 2.26. The van der Waals surface area contributed by atoms with Gasteiger partial charge in [0.15, 0.2) is 0 Å². The van der Waals surface area contributed by atoms with E-state index < -0.39 is 0 Å². The molecule has 2 nitrogen and oxygen atoms in total. The Labute approximate surface area is 89.3 Å². The van der Waals surface area contributed by atoms with E-state index in [1.807, 2.05) is 11.8 Å². The van der Waals surface area contributed by atoms with Crippen molar-refractivity contribution in [2.75, 3.05) is 17.6 Å². The fourth-order valence-corrected chi connectivity index (χ4v) is 2.77. The van der Waals surface area contributed by atoms with Gasteiger partial charge in [-0.15, -0.1) is 11.8 Å². The van der Waals surface area contributed by atoms with Crippen LogP contribution in [-0.2, 0) is 0 Å². The summed E-state index contributed by atoms with van der Waals surface area (Å²) < 4.78 is 0. The van der Waals surface area contributed by atoms with E-state index in [1.54, 1.807) is 0 Å². The van der Waals surface area contributed by atoms with Crippen molar-refractivity contribution in [3.63, 3.8) is 0 Å². The number of benzene rings is 1. The average molecular weight is 208 g/mol. The van der Waals surface area contributed by atoms with Crippen molar-refractivity contribution in [2.24, 2.45) is 5.73 Å². The fourth-order valence-electron chi connectivity index (χ4n) is 1.68. The Morgan fingerprint density at radius 2 is 2.29 bits per heavy atom. The highest BCUT2D eigenvalue weighted by Crippen LogP contribution is 2.33. The maximum Gasteiger partial charge on any atom is 0.0480 e. The molecule has 1 aliphatic heterocycles. The van der Waals surface area contributed by atoms with Gasteiger partial charge >= 0.3 is 0 Å². The lowest BCUT2D eigenvalue weighted by molar-refractivity contribution is 0.664. The summed E-state index contributed by atoms with van der Waals surface area (Å²) in [6.45, 7) is 0.796. The predicted molar refractivity (Wildman–Crippen MR) is 62.9 cm³/mol. The quantitative estimate of drug-likeness (QED) is 0.800. The number of rotatable bonds is 3. The van der Waals surface area contributed by atoms with Crippen LogP contribution >= 0.6 is 11.8 Å². The van der Waals surface area contributed by atoms with Gasteiger partial charge in [-0.3, -0.25) is 0 Å². The highest BCUT2D eigenvalue weighted by molar-refractivity contribution is 7.99. The molecule has 0 aliphatic carbocycles. The summed E-state index contributed by atoms with van der Waals surface area (Å²) >= 11 is 1.94. The van der Waals surface area contributed by atoms with E-state index in [9.17, 15) is 0 Å². The van der Waals surface area contributed by atoms with Crippen LogP contribution in [0.3, 0.4) is 0 Å². The molecule has 0 saturated carbocycles. The van der Waals surface area contributed by atoms with Gasteiger partial charge in [-0.25, -0.2) is 0 Å². The number of hydrogen-bond acceptors (Lipinski definition) is 3. The number of fused-ring (bicyclic) bond motifs is 1. The van der Waals surface area contributed by atoms with E-state index in [0.29, 0.717) is 6.04 Å². The number of hydrogen-bond donors (Lipinski definition) is 2. The summed E-state index contributed by atoms with van der Waals surface area (Å²) in [5, 5.41) is 3.56. The third-order valence-electron chi connectivity index (χ3n) is 2.44. The van der Waals surface area contributed by atoms with E-state index in [4.69, 9.17) is 5.73 Å². The lowest BCUT2D eigenvalue weighted by Gasteiger charge is -2.26. The molecule has 0 aromatic heterocycles. The first-order valence-corrected chi connectivity index (χ1v) is 6.07. The SMILES string of the molecule is NCCCC1CSc2ccccc2N1. The second-order valence-corrected chi connectivity index (χ2v) is 4.64.